The molecule has 0 heterocycles. The normalized spacial score (nSPS) is 13.4. The number of methoxy groups -OCH3 is 1. The van der Waals surface area contributed by atoms with E-state index in [0.29, 0.717) is 40.3 Å². The van der Waals surface area contributed by atoms with Gasteiger partial charge in [0.15, 0.2) is 5.78 Å². The summed E-state index contributed by atoms with van der Waals surface area (Å²) < 4.78 is 19.1. The van der Waals surface area contributed by atoms with Crippen molar-refractivity contribution >= 4 is 17.4 Å². The van der Waals surface area contributed by atoms with Gasteiger partial charge >= 0.3 is 0 Å². The largest absolute Gasteiger partial charge is 0.497 e. The second kappa shape index (κ2) is 4.91. The van der Waals surface area contributed by atoms with Gasteiger partial charge in [0.2, 0.25) is 0 Å². The number of halogens is 2. The molecule has 4 heteroatoms. The summed E-state index contributed by atoms with van der Waals surface area (Å²) in [7, 11) is 1.53. The van der Waals surface area contributed by atoms with Crippen LogP contribution in [0.3, 0.4) is 0 Å². The summed E-state index contributed by atoms with van der Waals surface area (Å²) in [5.74, 6) is 0.297. The number of fused-ring (bicyclic) bond motifs is 1. The fourth-order valence-electron chi connectivity index (χ4n) is 2.55. The second-order valence-electron chi connectivity index (χ2n) is 4.72. The van der Waals surface area contributed by atoms with Gasteiger partial charge in [-0.05, 0) is 30.2 Å². The molecule has 1 aliphatic carbocycles. The summed E-state index contributed by atoms with van der Waals surface area (Å²) in [5.41, 5.74) is 2.45. The van der Waals surface area contributed by atoms with Crippen LogP contribution in [0.1, 0.15) is 22.3 Å². The van der Waals surface area contributed by atoms with Crippen LogP contribution in [0.5, 0.6) is 5.75 Å². The Morgan fingerprint density at radius 2 is 1.85 bits per heavy atom. The highest BCUT2D eigenvalue weighted by molar-refractivity contribution is 6.35. The highest BCUT2D eigenvalue weighted by Crippen LogP contribution is 2.38. The Morgan fingerprint density at radius 3 is 2.60 bits per heavy atom. The van der Waals surface area contributed by atoms with Gasteiger partial charge < -0.3 is 4.74 Å². The Kier molecular flexibility index (Phi) is 3.22. The fraction of sp³-hybridized carbons (Fsp3) is 0.188. The first kappa shape index (κ1) is 13.1. The van der Waals surface area contributed by atoms with E-state index in [1.54, 1.807) is 24.3 Å². The van der Waals surface area contributed by atoms with Crippen molar-refractivity contribution in [2.75, 3.05) is 7.11 Å². The summed E-state index contributed by atoms with van der Waals surface area (Å²) >= 11 is 6.36. The molecular formula is C16H12ClFO2. The SMILES string of the molecule is COc1ccc(F)c(-c2ccc3c(c2Cl)CCC3=O)c1. The van der Waals surface area contributed by atoms with Crippen molar-refractivity contribution in [2.45, 2.75) is 12.8 Å². The van der Waals surface area contributed by atoms with E-state index in [2.05, 4.69) is 0 Å². The van der Waals surface area contributed by atoms with Crippen LogP contribution in [0.2, 0.25) is 5.02 Å². The molecule has 0 unspecified atom stereocenters. The summed E-state index contributed by atoms with van der Waals surface area (Å²) in [6.45, 7) is 0. The molecule has 0 N–H and O–H groups in total. The topological polar surface area (TPSA) is 26.3 Å². The summed E-state index contributed by atoms with van der Waals surface area (Å²) in [5, 5.41) is 0.459. The van der Waals surface area contributed by atoms with Crippen molar-refractivity contribution in [3.05, 3.63) is 52.3 Å². The maximum atomic E-state index is 14.0. The lowest BCUT2D eigenvalue weighted by Crippen LogP contribution is -1.94. The number of rotatable bonds is 2. The van der Waals surface area contributed by atoms with Crippen LogP contribution < -0.4 is 4.74 Å². The van der Waals surface area contributed by atoms with Crippen molar-refractivity contribution in [1.82, 2.24) is 0 Å². The molecule has 0 radical (unpaired) electrons. The summed E-state index contributed by atoms with van der Waals surface area (Å²) in [6.07, 6.45) is 1.09. The quantitative estimate of drug-likeness (QED) is 0.825. The molecule has 0 aromatic heterocycles. The predicted octanol–water partition coefficient (Wildman–Crippen LogP) is 4.28. The molecule has 0 saturated carbocycles. The van der Waals surface area contributed by atoms with Crippen molar-refractivity contribution < 1.29 is 13.9 Å². The minimum atomic E-state index is -0.364. The maximum absolute atomic E-state index is 14.0. The number of ketones is 1. The highest BCUT2D eigenvalue weighted by atomic mass is 35.5. The molecule has 1 aliphatic rings. The molecular weight excluding hydrogens is 279 g/mol. The highest BCUT2D eigenvalue weighted by Gasteiger charge is 2.24. The standard InChI is InChI=1S/C16H12ClFO2/c1-20-9-2-6-14(18)13(8-9)12-4-3-10-11(16(12)17)5-7-15(10)19/h2-4,6,8H,5,7H2,1H3. The van der Waals surface area contributed by atoms with Gasteiger partial charge in [-0.1, -0.05) is 23.7 Å². The van der Waals surface area contributed by atoms with E-state index in [0.717, 1.165) is 5.56 Å². The van der Waals surface area contributed by atoms with Gasteiger partial charge in [0.05, 0.1) is 12.1 Å². The van der Waals surface area contributed by atoms with Gasteiger partial charge in [-0.15, -0.1) is 0 Å². The number of carbonyl (C=O) groups is 1. The van der Waals surface area contributed by atoms with Crippen LogP contribution in [0.15, 0.2) is 30.3 Å². The Labute approximate surface area is 121 Å². The zero-order valence-corrected chi connectivity index (χ0v) is 11.6. The van der Waals surface area contributed by atoms with E-state index in [-0.39, 0.29) is 11.6 Å². The molecule has 0 fully saturated rings. The Balaban J connectivity index is 2.19. The van der Waals surface area contributed by atoms with Crippen LogP contribution in [-0.2, 0) is 6.42 Å². The lowest BCUT2D eigenvalue weighted by Gasteiger charge is -2.11. The number of hydrogen-bond donors (Lipinski definition) is 0. The molecule has 2 aromatic rings. The molecule has 20 heavy (non-hydrogen) atoms. The number of ether oxygens (including phenoxy) is 1. The van der Waals surface area contributed by atoms with E-state index in [1.165, 1.54) is 13.2 Å². The van der Waals surface area contributed by atoms with E-state index in [4.69, 9.17) is 16.3 Å². The third-order valence-corrected chi connectivity index (χ3v) is 4.04. The molecule has 102 valence electrons. The van der Waals surface area contributed by atoms with E-state index in [1.807, 2.05) is 0 Å². The number of benzene rings is 2. The maximum Gasteiger partial charge on any atom is 0.163 e. The monoisotopic (exact) mass is 290 g/mol. The Bertz CT molecular complexity index is 710. The van der Waals surface area contributed by atoms with Crippen LogP contribution >= 0.6 is 11.6 Å². The van der Waals surface area contributed by atoms with Gasteiger partial charge in [-0.25, -0.2) is 4.39 Å². The molecule has 2 aromatic carbocycles. The fourth-order valence-corrected chi connectivity index (χ4v) is 2.91. The smallest absolute Gasteiger partial charge is 0.163 e. The zero-order valence-electron chi connectivity index (χ0n) is 10.9. The minimum Gasteiger partial charge on any atom is -0.497 e. The first-order valence-corrected chi connectivity index (χ1v) is 6.68. The molecule has 3 rings (SSSR count). The third kappa shape index (κ3) is 1.98. The average molecular weight is 291 g/mol. The minimum absolute atomic E-state index is 0.0968. The van der Waals surface area contributed by atoms with Gasteiger partial charge in [-0.2, -0.15) is 0 Å². The number of hydrogen-bond acceptors (Lipinski definition) is 2. The van der Waals surface area contributed by atoms with Crippen molar-refractivity contribution in [1.29, 1.82) is 0 Å². The van der Waals surface area contributed by atoms with Crippen LogP contribution in [0.25, 0.3) is 11.1 Å². The van der Waals surface area contributed by atoms with Crippen LogP contribution in [-0.4, -0.2) is 12.9 Å². The predicted molar refractivity (Wildman–Crippen MR) is 76.0 cm³/mol. The van der Waals surface area contributed by atoms with Crippen LogP contribution in [0.4, 0.5) is 4.39 Å². The van der Waals surface area contributed by atoms with Gasteiger partial charge in [-0.3, -0.25) is 4.79 Å². The summed E-state index contributed by atoms with van der Waals surface area (Å²) in [6, 6.07) is 7.94. The number of Topliss-reactive ketones (excluding diaryl/α,β-unsaturated/α-hetero) is 1. The van der Waals surface area contributed by atoms with E-state index < -0.39 is 0 Å². The third-order valence-electron chi connectivity index (χ3n) is 3.61. The first-order chi connectivity index (χ1) is 9.61. The lowest BCUT2D eigenvalue weighted by atomic mass is 9.99. The first-order valence-electron chi connectivity index (χ1n) is 6.30. The van der Waals surface area contributed by atoms with Gasteiger partial charge in [0.1, 0.15) is 11.6 Å². The molecule has 0 saturated heterocycles. The second-order valence-corrected chi connectivity index (χ2v) is 5.10. The zero-order chi connectivity index (χ0) is 14.3. The Hall–Kier alpha value is -1.87. The van der Waals surface area contributed by atoms with E-state index >= 15 is 0 Å². The summed E-state index contributed by atoms with van der Waals surface area (Å²) in [4.78, 5) is 11.7. The van der Waals surface area contributed by atoms with Crippen molar-refractivity contribution in [3.8, 4) is 16.9 Å². The van der Waals surface area contributed by atoms with Crippen molar-refractivity contribution in [2.24, 2.45) is 0 Å². The molecule has 0 atom stereocenters. The molecule has 0 spiro atoms. The molecule has 0 bridgehead atoms. The molecule has 0 amide bonds. The number of carbonyl (C=O) groups excluding carboxylic acids is 1. The van der Waals surface area contributed by atoms with E-state index in [9.17, 15) is 9.18 Å². The molecule has 2 nitrogen and oxygen atoms in total. The van der Waals surface area contributed by atoms with Crippen molar-refractivity contribution in [3.63, 3.8) is 0 Å². The van der Waals surface area contributed by atoms with Crippen LogP contribution in [0, 0.1) is 5.82 Å². The average Bonchev–Trinajstić information content (AvgIpc) is 2.83. The Morgan fingerprint density at radius 1 is 1.10 bits per heavy atom. The van der Waals surface area contributed by atoms with Gasteiger partial charge in [0.25, 0.3) is 0 Å². The molecule has 0 aliphatic heterocycles. The lowest BCUT2D eigenvalue weighted by molar-refractivity contribution is 0.0994. The van der Waals surface area contributed by atoms with Gasteiger partial charge in [0, 0.05) is 23.1 Å².